The van der Waals surface area contributed by atoms with E-state index in [1.165, 1.54) is 35.7 Å². The number of nitrogens with zero attached hydrogens (tertiary/aromatic N) is 4. The number of aromatic nitrogens is 4. The van der Waals surface area contributed by atoms with E-state index in [-0.39, 0.29) is 5.82 Å². The molecule has 0 aliphatic carbocycles. The lowest BCUT2D eigenvalue weighted by atomic mass is 10.1. The lowest BCUT2D eigenvalue weighted by Gasteiger charge is -2.04. The maximum absolute atomic E-state index is 13.7. The molecule has 0 atom stereocenters. The smallest absolute Gasteiger partial charge is 0.211 e. The van der Waals surface area contributed by atoms with Gasteiger partial charge in [-0.2, -0.15) is 5.10 Å². The summed E-state index contributed by atoms with van der Waals surface area (Å²) in [6.45, 7) is 6.07. The van der Waals surface area contributed by atoms with Gasteiger partial charge in [-0.3, -0.25) is 4.98 Å². The molecule has 29 heavy (non-hydrogen) atoms. The Labute approximate surface area is 175 Å². The number of thioether (sulfide) groups is 1. The SMILES string of the molecule is Cc1nn(-c2nc(-c3cncc(F)c3)c(SC(C)C)s2)cc1-c1cccc(F)c1. The number of hydrogen-bond acceptors (Lipinski definition) is 5. The van der Waals surface area contributed by atoms with E-state index in [0.29, 0.717) is 21.6 Å². The molecule has 4 rings (SSSR count). The average Bonchev–Trinajstić information content (AvgIpc) is 3.25. The molecule has 0 radical (unpaired) electrons. The van der Waals surface area contributed by atoms with Crippen LogP contribution in [0, 0.1) is 18.6 Å². The quantitative estimate of drug-likeness (QED) is 0.358. The van der Waals surface area contributed by atoms with E-state index >= 15 is 0 Å². The molecule has 0 unspecified atom stereocenters. The van der Waals surface area contributed by atoms with Crippen molar-refractivity contribution in [2.45, 2.75) is 30.2 Å². The van der Waals surface area contributed by atoms with Crippen molar-refractivity contribution in [2.24, 2.45) is 0 Å². The first-order valence-electron chi connectivity index (χ1n) is 9.01. The van der Waals surface area contributed by atoms with Crippen LogP contribution in [-0.4, -0.2) is 25.0 Å². The summed E-state index contributed by atoms with van der Waals surface area (Å²) in [4.78, 5) is 8.68. The predicted molar refractivity (Wildman–Crippen MR) is 114 cm³/mol. The van der Waals surface area contributed by atoms with E-state index < -0.39 is 5.82 Å². The van der Waals surface area contributed by atoms with Gasteiger partial charge < -0.3 is 0 Å². The number of thiazole rings is 1. The highest BCUT2D eigenvalue weighted by molar-refractivity contribution is 8.01. The van der Waals surface area contributed by atoms with Gasteiger partial charge in [0.05, 0.1) is 21.8 Å². The molecule has 0 saturated carbocycles. The topological polar surface area (TPSA) is 43.6 Å². The molecule has 0 amide bonds. The number of aryl methyl sites for hydroxylation is 1. The Hall–Kier alpha value is -2.58. The minimum Gasteiger partial charge on any atom is -0.261 e. The summed E-state index contributed by atoms with van der Waals surface area (Å²) >= 11 is 3.16. The monoisotopic (exact) mass is 428 g/mol. The molecule has 4 nitrogen and oxygen atoms in total. The molecule has 3 heterocycles. The molecular formula is C21H18F2N4S2. The molecule has 4 aromatic rings. The zero-order chi connectivity index (χ0) is 20.5. The fourth-order valence-electron chi connectivity index (χ4n) is 2.91. The van der Waals surface area contributed by atoms with Crippen molar-refractivity contribution in [3.8, 4) is 27.5 Å². The lowest BCUT2D eigenvalue weighted by Crippen LogP contribution is -1.94. The van der Waals surface area contributed by atoms with Crippen LogP contribution in [0.25, 0.3) is 27.5 Å². The van der Waals surface area contributed by atoms with Crippen molar-refractivity contribution in [1.29, 1.82) is 0 Å². The Morgan fingerprint density at radius 1 is 1.07 bits per heavy atom. The third kappa shape index (κ3) is 4.23. The highest BCUT2D eigenvalue weighted by atomic mass is 32.2. The second kappa shape index (κ2) is 8.04. The van der Waals surface area contributed by atoms with Gasteiger partial charge >= 0.3 is 0 Å². The van der Waals surface area contributed by atoms with E-state index in [4.69, 9.17) is 4.98 Å². The van der Waals surface area contributed by atoms with Crippen molar-refractivity contribution in [3.05, 3.63) is 66.3 Å². The average molecular weight is 429 g/mol. The Kier molecular flexibility index (Phi) is 5.47. The molecule has 0 fully saturated rings. The number of rotatable bonds is 5. The van der Waals surface area contributed by atoms with Crippen molar-refractivity contribution >= 4 is 23.1 Å². The van der Waals surface area contributed by atoms with E-state index in [1.54, 1.807) is 28.7 Å². The van der Waals surface area contributed by atoms with E-state index in [9.17, 15) is 8.78 Å². The summed E-state index contributed by atoms with van der Waals surface area (Å²) in [6.07, 6.45) is 4.63. The largest absolute Gasteiger partial charge is 0.261 e. The van der Waals surface area contributed by atoms with Gasteiger partial charge in [0, 0.05) is 28.8 Å². The summed E-state index contributed by atoms with van der Waals surface area (Å²) < 4.78 is 30.0. The third-order valence-corrected chi connectivity index (χ3v) is 6.39. The van der Waals surface area contributed by atoms with E-state index in [0.717, 1.165) is 21.0 Å². The Balaban J connectivity index is 1.79. The minimum atomic E-state index is -0.402. The molecular weight excluding hydrogens is 410 g/mol. The Morgan fingerprint density at radius 3 is 2.59 bits per heavy atom. The van der Waals surface area contributed by atoms with Gasteiger partial charge in [-0.1, -0.05) is 37.3 Å². The lowest BCUT2D eigenvalue weighted by molar-refractivity contribution is 0.622. The molecule has 0 spiro atoms. The molecule has 0 aliphatic rings. The molecule has 0 aliphatic heterocycles. The zero-order valence-corrected chi connectivity index (χ0v) is 17.7. The highest BCUT2D eigenvalue weighted by Crippen LogP contribution is 2.39. The number of benzene rings is 1. The van der Waals surface area contributed by atoms with Gasteiger partial charge in [-0.25, -0.2) is 18.4 Å². The molecule has 3 aromatic heterocycles. The first-order chi connectivity index (χ1) is 13.9. The number of halogens is 2. The first kappa shape index (κ1) is 19.7. The molecule has 148 valence electrons. The molecule has 0 bridgehead atoms. The number of hydrogen-bond donors (Lipinski definition) is 0. The highest BCUT2D eigenvalue weighted by Gasteiger charge is 2.19. The Morgan fingerprint density at radius 2 is 1.86 bits per heavy atom. The summed E-state index contributed by atoms with van der Waals surface area (Å²) in [7, 11) is 0. The summed E-state index contributed by atoms with van der Waals surface area (Å²) in [5.74, 6) is -0.693. The van der Waals surface area contributed by atoms with Crippen LogP contribution in [0.5, 0.6) is 0 Å². The minimum absolute atomic E-state index is 0.291. The van der Waals surface area contributed by atoms with Crippen LogP contribution in [0.3, 0.4) is 0 Å². The van der Waals surface area contributed by atoms with Crippen LogP contribution in [0.15, 0.2) is 53.1 Å². The van der Waals surface area contributed by atoms with Gasteiger partial charge in [0.25, 0.3) is 0 Å². The third-order valence-electron chi connectivity index (χ3n) is 4.14. The van der Waals surface area contributed by atoms with E-state index in [1.807, 2.05) is 19.2 Å². The van der Waals surface area contributed by atoms with Crippen LogP contribution >= 0.6 is 23.1 Å². The van der Waals surface area contributed by atoms with Crippen molar-refractivity contribution < 1.29 is 8.78 Å². The van der Waals surface area contributed by atoms with Crippen LogP contribution in [0.2, 0.25) is 0 Å². The van der Waals surface area contributed by atoms with E-state index in [2.05, 4.69) is 23.9 Å². The zero-order valence-electron chi connectivity index (χ0n) is 16.1. The molecule has 0 saturated heterocycles. The van der Waals surface area contributed by atoms with Gasteiger partial charge in [-0.15, -0.1) is 11.8 Å². The fourth-order valence-corrected chi connectivity index (χ4v) is 5.36. The second-order valence-corrected chi connectivity index (χ2v) is 9.60. The maximum atomic E-state index is 13.7. The van der Waals surface area contributed by atoms with Crippen LogP contribution in [0.1, 0.15) is 19.5 Å². The summed E-state index contributed by atoms with van der Waals surface area (Å²) in [5, 5.41) is 5.58. The maximum Gasteiger partial charge on any atom is 0.211 e. The fraction of sp³-hybridized carbons (Fsp3) is 0.190. The van der Waals surface area contributed by atoms with Gasteiger partial charge in [0.2, 0.25) is 5.13 Å². The van der Waals surface area contributed by atoms with Gasteiger partial charge in [-0.05, 0) is 30.7 Å². The van der Waals surface area contributed by atoms with Crippen molar-refractivity contribution in [2.75, 3.05) is 0 Å². The summed E-state index contributed by atoms with van der Waals surface area (Å²) in [5.41, 5.74) is 3.70. The first-order valence-corrected chi connectivity index (χ1v) is 10.7. The van der Waals surface area contributed by atoms with Crippen molar-refractivity contribution in [3.63, 3.8) is 0 Å². The van der Waals surface area contributed by atoms with Crippen molar-refractivity contribution in [1.82, 2.24) is 19.7 Å². The van der Waals surface area contributed by atoms with Gasteiger partial charge in [0.1, 0.15) is 11.6 Å². The standard InChI is InChI=1S/C21H18F2N4S2/c1-12(2)28-20-19(15-8-17(23)10-24-9-15)25-21(29-20)27-11-18(13(3)26-27)14-5-4-6-16(22)7-14/h4-12H,1-3H3. The molecule has 1 aromatic carbocycles. The molecule has 8 heteroatoms. The van der Waals surface area contributed by atoms with Gasteiger partial charge in [0.15, 0.2) is 0 Å². The van der Waals surface area contributed by atoms with Crippen LogP contribution in [0.4, 0.5) is 8.78 Å². The second-order valence-electron chi connectivity index (χ2n) is 6.77. The summed E-state index contributed by atoms with van der Waals surface area (Å²) in [6, 6.07) is 7.86. The van der Waals surface area contributed by atoms with Crippen LogP contribution in [-0.2, 0) is 0 Å². The number of pyridine rings is 1. The normalized spacial score (nSPS) is 11.4. The van der Waals surface area contributed by atoms with Crippen LogP contribution < -0.4 is 0 Å². The Bertz CT molecular complexity index is 1170. The predicted octanol–water partition coefficient (Wildman–Crippen LogP) is 6.14. The molecule has 0 N–H and O–H groups in total.